The Morgan fingerprint density at radius 3 is 2.54 bits per heavy atom. The highest BCUT2D eigenvalue weighted by Crippen LogP contribution is 2.29. The summed E-state index contributed by atoms with van der Waals surface area (Å²) in [5.74, 6) is -0.262. The molecular weight excluding hydrogens is 356 g/mol. The molecule has 0 spiro atoms. The number of aryl methyl sites for hydroxylation is 1. The molecule has 0 radical (unpaired) electrons. The molecule has 5 nitrogen and oxygen atoms in total. The summed E-state index contributed by atoms with van der Waals surface area (Å²) in [7, 11) is 0. The Hall–Kier alpha value is -3.86. The molecule has 0 fully saturated rings. The zero-order chi connectivity index (χ0) is 19.7. The molecule has 2 heterocycles. The average molecular weight is 371 g/mol. The maximum absolute atomic E-state index is 12.2. The molecule has 0 unspecified atom stereocenters. The van der Waals surface area contributed by atoms with Crippen molar-refractivity contribution in [3.8, 4) is 11.3 Å². The second-order valence-electron chi connectivity index (χ2n) is 6.43. The molecule has 3 aromatic rings. The Kier molecular flexibility index (Phi) is 4.41. The number of hydrogen-bond acceptors (Lipinski definition) is 5. The number of ether oxygens (including phenoxy) is 1. The van der Waals surface area contributed by atoms with Gasteiger partial charge in [-0.05, 0) is 42.8 Å². The molecule has 0 saturated carbocycles. The van der Waals surface area contributed by atoms with Crippen LogP contribution in [0, 0.1) is 6.92 Å². The van der Waals surface area contributed by atoms with Gasteiger partial charge in [-0.2, -0.15) is 0 Å². The molecule has 0 N–H and O–H groups in total. The number of benzene rings is 2. The SMILES string of the molecule is Cc1ccc(C2=C/C(=C/c3ccc(-c4cccc(C(=O)[O-])c4)o3)C(=O)O2)cc1. The van der Waals surface area contributed by atoms with E-state index in [4.69, 9.17) is 9.15 Å². The summed E-state index contributed by atoms with van der Waals surface area (Å²) in [6.07, 6.45) is 3.27. The van der Waals surface area contributed by atoms with Gasteiger partial charge in [-0.15, -0.1) is 0 Å². The fourth-order valence-electron chi connectivity index (χ4n) is 2.89. The quantitative estimate of drug-likeness (QED) is 0.517. The van der Waals surface area contributed by atoms with Crippen LogP contribution in [-0.4, -0.2) is 11.9 Å². The Morgan fingerprint density at radius 1 is 1.00 bits per heavy atom. The van der Waals surface area contributed by atoms with Crippen molar-refractivity contribution in [2.45, 2.75) is 6.92 Å². The second kappa shape index (κ2) is 7.04. The molecule has 1 aliphatic rings. The van der Waals surface area contributed by atoms with E-state index in [0.717, 1.165) is 11.1 Å². The monoisotopic (exact) mass is 371 g/mol. The van der Waals surface area contributed by atoms with E-state index in [0.29, 0.717) is 28.4 Å². The van der Waals surface area contributed by atoms with Crippen LogP contribution < -0.4 is 5.11 Å². The van der Waals surface area contributed by atoms with E-state index >= 15 is 0 Å². The lowest BCUT2D eigenvalue weighted by molar-refractivity contribution is -0.255. The van der Waals surface area contributed by atoms with Crippen molar-refractivity contribution < 1.29 is 23.8 Å². The number of carbonyl (C=O) groups excluding carboxylic acids is 2. The van der Waals surface area contributed by atoms with Gasteiger partial charge in [-0.25, -0.2) is 4.79 Å². The van der Waals surface area contributed by atoms with Crippen LogP contribution in [0.2, 0.25) is 0 Å². The third kappa shape index (κ3) is 3.50. The molecule has 0 aliphatic carbocycles. The van der Waals surface area contributed by atoms with Gasteiger partial charge < -0.3 is 19.1 Å². The molecule has 28 heavy (non-hydrogen) atoms. The number of carboxylic acids is 1. The highest BCUT2D eigenvalue weighted by molar-refractivity contribution is 6.04. The van der Waals surface area contributed by atoms with Crippen molar-refractivity contribution >= 4 is 23.8 Å². The molecule has 2 aromatic carbocycles. The standard InChI is InChI=1S/C23H16O5/c1-14-5-7-15(8-6-14)21-13-18(23(26)28-21)12-19-9-10-20(27-19)16-3-2-4-17(11-16)22(24)25/h2-13H,1H3,(H,24,25)/p-1/b18-12-. The van der Waals surface area contributed by atoms with Gasteiger partial charge in [0.05, 0.1) is 11.5 Å². The van der Waals surface area contributed by atoms with Crippen molar-refractivity contribution in [2.24, 2.45) is 0 Å². The Bertz CT molecular complexity index is 1130. The van der Waals surface area contributed by atoms with Crippen molar-refractivity contribution in [3.05, 3.63) is 94.8 Å². The third-order valence-corrected chi connectivity index (χ3v) is 4.37. The molecule has 0 amide bonds. The number of rotatable bonds is 4. The van der Waals surface area contributed by atoms with Crippen LogP contribution in [-0.2, 0) is 9.53 Å². The summed E-state index contributed by atoms with van der Waals surface area (Å²) in [4.78, 5) is 23.2. The number of aromatic carboxylic acids is 1. The van der Waals surface area contributed by atoms with Gasteiger partial charge in [0.25, 0.3) is 0 Å². The first-order valence-electron chi connectivity index (χ1n) is 8.64. The van der Waals surface area contributed by atoms with E-state index in [1.54, 1.807) is 36.4 Å². The molecule has 4 rings (SSSR count). The van der Waals surface area contributed by atoms with Gasteiger partial charge in [0.2, 0.25) is 0 Å². The van der Waals surface area contributed by atoms with Gasteiger partial charge in [0.1, 0.15) is 17.3 Å². The fraction of sp³-hybridized carbons (Fsp3) is 0.0435. The first-order chi connectivity index (χ1) is 13.5. The molecular formula is C23H15O5-. The zero-order valence-corrected chi connectivity index (χ0v) is 15.0. The summed E-state index contributed by atoms with van der Waals surface area (Å²) >= 11 is 0. The van der Waals surface area contributed by atoms with Crippen molar-refractivity contribution in [1.82, 2.24) is 0 Å². The van der Waals surface area contributed by atoms with E-state index < -0.39 is 11.9 Å². The molecule has 1 aromatic heterocycles. The normalized spacial score (nSPS) is 14.8. The van der Waals surface area contributed by atoms with Crippen LogP contribution in [0.15, 0.2) is 76.7 Å². The molecule has 0 bridgehead atoms. The highest BCUT2D eigenvalue weighted by Gasteiger charge is 2.22. The number of hydrogen-bond donors (Lipinski definition) is 0. The minimum atomic E-state index is -1.25. The number of carbonyl (C=O) groups is 2. The van der Waals surface area contributed by atoms with Gasteiger partial charge >= 0.3 is 5.97 Å². The Balaban J connectivity index is 1.61. The topological polar surface area (TPSA) is 79.6 Å². The summed E-state index contributed by atoms with van der Waals surface area (Å²) in [5.41, 5.74) is 2.99. The second-order valence-corrected chi connectivity index (χ2v) is 6.43. The van der Waals surface area contributed by atoms with E-state index in [1.165, 1.54) is 12.1 Å². The molecule has 5 heteroatoms. The Labute approximate surface area is 161 Å². The van der Waals surface area contributed by atoms with Gasteiger partial charge in [-0.3, -0.25) is 0 Å². The van der Waals surface area contributed by atoms with Crippen LogP contribution in [0.25, 0.3) is 23.2 Å². The molecule has 1 aliphatic heterocycles. The van der Waals surface area contributed by atoms with E-state index in [-0.39, 0.29) is 5.56 Å². The van der Waals surface area contributed by atoms with Crippen molar-refractivity contribution in [1.29, 1.82) is 0 Å². The lowest BCUT2D eigenvalue weighted by Gasteiger charge is -2.03. The first kappa shape index (κ1) is 17.5. The van der Waals surface area contributed by atoms with E-state index in [9.17, 15) is 14.7 Å². The predicted molar refractivity (Wildman–Crippen MR) is 102 cm³/mol. The van der Waals surface area contributed by atoms with E-state index in [1.807, 2.05) is 31.2 Å². The molecule has 0 atom stereocenters. The number of esters is 1. The summed E-state index contributed by atoms with van der Waals surface area (Å²) in [6.45, 7) is 1.99. The lowest BCUT2D eigenvalue weighted by atomic mass is 10.1. The predicted octanol–water partition coefficient (Wildman–Crippen LogP) is 3.60. The fourth-order valence-corrected chi connectivity index (χ4v) is 2.89. The van der Waals surface area contributed by atoms with Crippen LogP contribution >= 0.6 is 0 Å². The van der Waals surface area contributed by atoms with Crippen molar-refractivity contribution in [2.75, 3.05) is 0 Å². The smallest absolute Gasteiger partial charge is 0.343 e. The largest absolute Gasteiger partial charge is 0.545 e. The minimum absolute atomic E-state index is 0.0684. The van der Waals surface area contributed by atoms with Crippen LogP contribution in [0.3, 0.4) is 0 Å². The Morgan fingerprint density at radius 2 is 1.79 bits per heavy atom. The number of cyclic esters (lactones) is 1. The zero-order valence-electron chi connectivity index (χ0n) is 15.0. The van der Waals surface area contributed by atoms with Gasteiger partial charge in [-0.1, -0.05) is 48.0 Å². The molecule has 138 valence electrons. The van der Waals surface area contributed by atoms with E-state index in [2.05, 4.69) is 0 Å². The van der Waals surface area contributed by atoms with Crippen molar-refractivity contribution in [3.63, 3.8) is 0 Å². The third-order valence-electron chi connectivity index (χ3n) is 4.37. The van der Waals surface area contributed by atoms with Gasteiger partial charge in [0.15, 0.2) is 0 Å². The number of carboxylic acid groups (broad SMARTS) is 1. The lowest BCUT2D eigenvalue weighted by Crippen LogP contribution is -2.22. The highest BCUT2D eigenvalue weighted by atomic mass is 16.5. The summed E-state index contributed by atoms with van der Waals surface area (Å²) < 4.78 is 11.1. The maximum Gasteiger partial charge on any atom is 0.343 e. The maximum atomic E-state index is 12.2. The first-order valence-corrected chi connectivity index (χ1v) is 8.64. The number of furan rings is 1. The summed E-state index contributed by atoms with van der Waals surface area (Å²) in [6, 6.07) is 17.4. The van der Waals surface area contributed by atoms with Crippen LogP contribution in [0.1, 0.15) is 27.2 Å². The minimum Gasteiger partial charge on any atom is -0.545 e. The van der Waals surface area contributed by atoms with Crippen LogP contribution in [0.5, 0.6) is 0 Å². The summed E-state index contributed by atoms with van der Waals surface area (Å²) in [5, 5.41) is 11.0. The molecule has 0 saturated heterocycles. The average Bonchev–Trinajstić information content (AvgIpc) is 3.30. The van der Waals surface area contributed by atoms with Crippen LogP contribution in [0.4, 0.5) is 0 Å². The van der Waals surface area contributed by atoms with Gasteiger partial charge in [0, 0.05) is 11.1 Å².